The number of ether oxygens (including phenoxy) is 2. The second-order valence-electron chi connectivity index (χ2n) is 2.13. The molecule has 0 amide bonds. The molecule has 5 nitrogen and oxygen atoms in total. The third kappa shape index (κ3) is 2.55. The summed E-state index contributed by atoms with van der Waals surface area (Å²) in [7, 11) is 2.23. The summed E-state index contributed by atoms with van der Waals surface area (Å²) in [5, 5.41) is 0. The second-order valence-corrected chi connectivity index (χ2v) is 2.13. The lowest BCUT2D eigenvalue weighted by atomic mass is 10.1. The third-order valence-electron chi connectivity index (χ3n) is 1.42. The monoisotopic (exact) mass is 198 g/mol. The highest BCUT2D eigenvalue weighted by atomic mass is 16.5. The van der Waals surface area contributed by atoms with Gasteiger partial charge in [0, 0.05) is 0 Å². The minimum atomic E-state index is -0.903. The fourth-order valence-corrected chi connectivity index (χ4v) is 0.745. The maximum atomic E-state index is 11.0. The van der Waals surface area contributed by atoms with E-state index in [4.69, 9.17) is 0 Å². The van der Waals surface area contributed by atoms with Crippen molar-refractivity contribution in [2.75, 3.05) is 14.2 Å². The Kier molecular flexibility index (Phi) is 4.91. The third-order valence-corrected chi connectivity index (χ3v) is 1.42. The van der Waals surface area contributed by atoms with Gasteiger partial charge in [0.2, 0.25) is 0 Å². The van der Waals surface area contributed by atoms with Crippen LogP contribution in [-0.2, 0) is 23.9 Å². The maximum Gasteiger partial charge on any atom is 0.342 e. The van der Waals surface area contributed by atoms with Gasteiger partial charge in [-0.05, 0) is 0 Å². The van der Waals surface area contributed by atoms with Gasteiger partial charge in [0.15, 0.2) is 6.29 Å². The zero-order valence-corrected chi connectivity index (χ0v) is 7.90. The molecule has 0 N–H and O–H groups in total. The van der Waals surface area contributed by atoms with Crippen molar-refractivity contribution in [1.82, 2.24) is 0 Å². The van der Waals surface area contributed by atoms with Crippen LogP contribution in [0.2, 0.25) is 0 Å². The highest BCUT2D eigenvalue weighted by Gasteiger charge is 2.19. The number of esters is 2. The van der Waals surface area contributed by atoms with Crippen LogP contribution in [0.5, 0.6) is 0 Å². The molecule has 0 spiro atoms. The first-order valence-corrected chi connectivity index (χ1v) is 3.60. The fourth-order valence-electron chi connectivity index (χ4n) is 0.745. The Balaban J connectivity index is 5.32. The standard InChI is InChI=1S/C9H10O5/c1-4-6(8(11)13-2)7(5-10)9(12)14-3/h4-5H,1H2,2-3H3/b7-6+. The van der Waals surface area contributed by atoms with Gasteiger partial charge >= 0.3 is 11.9 Å². The van der Waals surface area contributed by atoms with Crippen LogP contribution in [-0.4, -0.2) is 32.4 Å². The molecule has 0 aromatic heterocycles. The van der Waals surface area contributed by atoms with Crippen molar-refractivity contribution in [1.29, 1.82) is 0 Å². The minimum absolute atomic E-state index is 0.214. The number of methoxy groups -OCH3 is 2. The van der Waals surface area contributed by atoms with Crippen molar-refractivity contribution in [3.05, 3.63) is 23.8 Å². The van der Waals surface area contributed by atoms with E-state index in [1.165, 1.54) is 0 Å². The van der Waals surface area contributed by atoms with Gasteiger partial charge in [-0.15, -0.1) is 0 Å². The number of aldehydes is 1. The lowest BCUT2D eigenvalue weighted by molar-refractivity contribution is -0.139. The molecule has 76 valence electrons. The molecule has 5 heteroatoms. The predicted molar refractivity (Wildman–Crippen MR) is 47.3 cm³/mol. The van der Waals surface area contributed by atoms with Crippen molar-refractivity contribution in [2.24, 2.45) is 0 Å². The van der Waals surface area contributed by atoms with E-state index in [0.717, 1.165) is 20.3 Å². The molecule has 0 aliphatic carbocycles. The van der Waals surface area contributed by atoms with Gasteiger partial charge in [-0.1, -0.05) is 12.7 Å². The SMILES string of the molecule is C=C/C(C(=O)OC)=C(/C=O)C(=O)OC. The first-order valence-electron chi connectivity index (χ1n) is 3.60. The summed E-state index contributed by atoms with van der Waals surface area (Å²) >= 11 is 0. The summed E-state index contributed by atoms with van der Waals surface area (Å²) in [4.78, 5) is 32.6. The molecule has 0 aliphatic heterocycles. The summed E-state index contributed by atoms with van der Waals surface area (Å²) in [5.41, 5.74) is -0.622. The maximum absolute atomic E-state index is 11.0. The number of hydrogen-bond donors (Lipinski definition) is 0. The first kappa shape index (κ1) is 12.1. The second kappa shape index (κ2) is 5.69. The molecule has 14 heavy (non-hydrogen) atoms. The van der Waals surface area contributed by atoms with Gasteiger partial charge < -0.3 is 9.47 Å². The predicted octanol–water partition coefficient (Wildman–Crippen LogP) is 0.0139. The van der Waals surface area contributed by atoms with Gasteiger partial charge in [0.05, 0.1) is 19.8 Å². The molecule has 0 radical (unpaired) electrons. The van der Waals surface area contributed by atoms with E-state index >= 15 is 0 Å². The summed E-state index contributed by atoms with van der Waals surface area (Å²) in [6, 6.07) is 0. The molecular weight excluding hydrogens is 188 g/mol. The van der Waals surface area contributed by atoms with Crippen LogP contribution in [0.3, 0.4) is 0 Å². The number of rotatable bonds is 4. The van der Waals surface area contributed by atoms with Crippen molar-refractivity contribution in [3.63, 3.8) is 0 Å². The van der Waals surface area contributed by atoms with E-state index in [9.17, 15) is 14.4 Å². The van der Waals surface area contributed by atoms with Crippen molar-refractivity contribution in [2.45, 2.75) is 0 Å². The zero-order valence-electron chi connectivity index (χ0n) is 7.90. The van der Waals surface area contributed by atoms with Crippen LogP contribution in [0.4, 0.5) is 0 Å². The average molecular weight is 198 g/mol. The molecule has 0 bridgehead atoms. The fraction of sp³-hybridized carbons (Fsp3) is 0.222. The molecular formula is C9H10O5. The molecule has 0 atom stereocenters. The molecule has 0 saturated carbocycles. The largest absolute Gasteiger partial charge is 0.465 e. The van der Waals surface area contributed by atoms with Gasteiger partial charge in [-0.2, -0.15) is 0 Å². The first-order chi connectivity index (χ1) is 6.62. The van der Waals surface area contributed by atoms with E-state index in [-0.39, 0.29) is 11.9 Å². The van der Waals surface area contributed by atoms with E-state index in [2.05, 4.69) is 16.1 Å². The van der Waals surface area contributed by atoms with Crippen LogP contribution in [0.1, 0.15) is 0 Å². The molecule has 0 aromatic carbocycles. The van der Waals surface area contributed by atoms with Crippen LogP contribution >= 0.6 is 0 Å². The van der Waals surface area contributed by atoms with Crippen LogP contribution in [0.15, 0.2) is 23.8 Å². The van der Waals surface area contributed by atoms with Crippen molar-refractivity contribution in [3.8, 4) is 0 Å². The van der Waals surface area contributed by atoms with Gasteiger partial charge in [-0.3, -0.25) is 4.79 Å². The van der Waals surface area contributed by atoms with E-state index < -0.39 is 17.5 Å². The van der Waals surface area contributed by atoms with Gasteiger partial charge in [0.1, 0.15) is 5.57 Å². The number of carbonyl (C=O) groups excluding carboxylic acids is 3. The summed E-state index contributed by atoms with van der Waals surface area (Å²) < 4.78 is 8.64. The average Bonchev–Trinajstić information content (AvgIpc) is 2.23. The Morgan fingerprint density at radius 3 is 1.79 bits per heavy atom. The smallest absolute Gasteiger partial charge is 0.342 e. The molecule has 0 heterocycles. The van der Waals surface area contributed by atoms with Gasteiger partial charge in [0.25, 0.3) is 0 Å². The lowest BCUT2D eigenvalue weighted by Crippen LogP contribution is -2.14. The Hall–Kier alpha value is -1.91. The Morgan fingerprint density at radius 1 is 1.07 bits per heavy atom. The normalized spacial score (nSPS) is 11.0. The Bertz CT molecular complexity index is 270. The van der Waals surface area contributed by atoms with Crippen LogP contribution < -0.4 is 0 Å². The van der Waals surface area contributed by atoms with Crippen molar-refractivity contribution < 1.29 is 23.9 Å². The molecule has 0 fully saturated rings. The minimum Gasteiger partial charge on any atom is -0.465 e. The highest BCUT2D eigenvalue weighted by Crippen LogP contribution is 2.07. The summed E-state index contributed by atoms with van der Waals surface area (Å²) in [5.74, 6) is -1.71. The van der Waals surface area contributed by atoms with Crippen LogP contribution in [0, 0.1) is 0 Å². The number of hydrogen-bond acceptors (Lipinski definition) is 5. The topological polar surface area (TPSA) is 69.7 Å². The van der Waals surface area contributed by atoms with E-state index in [1.807, 2.05) is 0 Å². The zero-order chi connectivity index (χ0) is 11.1. The Morgan fingerprint density at radius 2 is 1.50 bits per heavy atom. The lowest BCUT2D eigenvalue weighted by Gasteiger charge is -2.03. The molecule has 0 aromatic rings. The van der Waals surface area contributed by atoms with Crippen molar-refractivity contribution >= 4 is 18.2 Å². The molecule has 0 unspecified atom stereocenters. The van der Waals surface area contributed by atoms with E-state index in [1.54, 1.807) is 0 Å². The summed E-state index contributed by atoms with van der Waals surface area (Å²) in [6.07, 6.45) is 1.28. The highest BCUT2D eigenvalue weighted by molar-refractivity contribution is 6.14. The molecule has 0 rings (SSSR count). The molecule has 0 aliphatic rings. The quantitative estimate of drug-likeness (QED) is 0.159. The van der Waals surface area contributed by atoms with E-state index in [0.29, 0.717) is 0 Å². The number of carbonyl (C=O) groups is 3. The Labute approximate surface area is 81.0 Å². The summed E-state index contributed by atoms with van der Waals surface area (Å²) in [6.45, 7) is 3.29. The van der Waals surface area contributed by atoms with Crippen LogP contribution in [0.25, 0.3) is 0 Å². The molecule has 0 saturated heterocycles. The van der Waals surface area contributed by atoms with Gasteiger partial charge in [-0.25, -0.2) is 9.59 Å².